The van der Waals surface area contributed by atoms with Crippen molar-refractivity contribution in [1.29, 1.82) is 0 Å². The van der Waals surface area contributed by atoms with E-state index in [4.69, 9.17) is 5.11 Å². The lowest BCUT2D eigenvalue weighted by molar-refractivity contribution is -0.122. The van der Waals surface area contributed by atoms with Gasteiger partial charge in [0.05, 0.1) is 0 Å². The van der Waals surface area contributed by atoms with E-state index in [1.165, 1.54) is 0 Å². The van der Waals surface area contributed by atoms with Crippen LogP contribution in [-0.2, 0) is 11.2 Å². The van der Waals surface area contributed by atoms with Gasteiger partial charge in [-0.3, -0.25) is 4.79 Å². The number of hydrogen-bond acceptors (Lipinski definition) is 3. The van der Waals surface area contributed by atoms with Crippen LogP contribution in [0.15, 0.2) is 84.9 Å². The molecule has 0 aromatic heterocycles. The highest BCUT2D eigenvalue weighted by Gasteiger charge is 2.21. The molecule has 0 aliphatic carbocycles. The minimum Gasteiger partial charge on any atom is -0.465 e. The molecule has 8 nitrogen and oxygen atoms in total. The monoisotopic (exact) mass is 446 g/mol. The van der Waals surface area contributed by atoms with Crippen LogP contribution in [0, 0.1) is 0 Å². The summed E-state index contributed by atoms with van der Waals surface area (Å²) in [6.07, 6.45) is -0.875. The summed E-state index contributed by atoms with van der Waals surface area (Å²) in [7, 11) is 0. The SMILES string of the molecule is O=C(O)NCCNC(=O)C(Cc1ccccc1)NC(=O)Nc1ccc(-c2ccccc2)cc1. The van der Waals surface area contributed by atoms with E-state index in [0.29, 0.717) is 12.1 Å². The van der Waals surface area contributed by atoms with Gasteiger partial charge in [-0.2, -0.15) is 0 Å². The van der Waals surface area contributed by atoms with Crippen LogP contribution in [0.4, 0.5) is 15.3 Å². The van der Waals surface area contributed by atoms with Gasteiger partial charge in [0.25, 0.3) is 0 Å². The molecule has 3 rings (SSSR count). The fourth-order valence-corrected chi connectivity index (χ4v) is 3.24. The number of carbonyl (C=O) groups is 3. The Balaban J connectivity index is 1.61. The number of carbonyl (C=O) groups excluding carboxylic acids is 2. The first-order chi connectivity index (χ1) is 16.0. The van der Waals surface area contributed by atoms with Gasteiger partial charge in [-0.05, 0) is 28.8 Å². The summed E-state index contributed by atoms with van der Waals surface area (Å²) in [6, 6.07) is 25.3. The van der Waals surface area contributed by atoms with Crippen LogP contribution in [0.2, 0.25) is 0 Å². The molecule has 0 spiro atoms. The number of nitrogens with one attached hydrogen (secondary N) is 4. The fourth-order valence-electron chi connectivity index (χ4n) is 3.24. The molecule has 3 aromatic rings. The zero-order chi connectivity index (χ0) is 23.5. The molecule has 0 fully saturated rings. The molecule has 0 saturated carbocycles. The van der Waals surface area contributed by atoms with Crippen LogP contribution in [0.3, 0.4) is 0 Å². The second kappa shape index (κ2) is 11.9. The fraction of sp³-hybridized carbons (Fsp3) is 0.160. The Labute approximate surface area is 192 Å². The third kappa shape index (κ3) is 7.70. The first kappa shape index (κ1) is 23.3. The minimum atomic E-state index is -1.17. The number of amides is 4. The van der Waals surface area contributed by atoms with Crippen molar-refractivity contribution in [2.75, 3.05) is 18.4 Å². The van der Waals surface area contributed by atoms with E-state index >= 15 is 0 Å². The van der Waals surface area contributed by atoms with Gasteiger partial charge in [-0.15, -0.1) is 0 Å². The Morgan fingerprint density at radius 3 is 1.94 bits per heavy atom. The summed E-state index contributed by atoms with van der Waals surface area (Å²) >= 11 is 0. The summed E-state index contributed by atoms with van der Waals surface area (Å²) in [4.78, 5) is 35.8. The lowest BCUT2D eigenvalue weighted by Crippen LogP contribution is -2.50. The molecular formula is C25H26N4O4. The van der Waals surface area contributed by atoms with Crippen LogP contribution in [-0.4, -0.2) is 42.3 Å². The Hall–Kier alpha value is -4.33. The largest absolute Gasteiger partial charge is 0.465 e. The van der Waals surface area contributed by atoms with Crippen molar-refractivity contribution in [2.45, 2.75) is 12.5 Å². The molecule has 0 bridgehead atoms. The van der Waals surface area contributed by atoms with Crippen molar-refractivity contribution in [1.82, 2.24) is 16.0 Å². The van der Waals surface area contributed by atoms with Gasteiger partial charge in [-0.25, -0.2) is 9.59 Å². The van der Waals surface area contributed by atoms with Crippen LogP contribution in [0.1, 0.15) is 5.56 Å². The average Bonchev–Trinajstić information content (AvgIpc) is 2.83. The Morgan fingerprint density at radius 1 is 0.727 bits per heavy atom. The van der Waals surface area contributed by atoms with E-state index in [1.54, 1.807) is 12.1 Å². The van der Waals surface area contributed by atoms with Crippen molar-refractivity contribution in [3.8, 4) is 11.1 Å². The van der Waals surface area contributed by atoms with E-state index in [0.717, 1.165) is 16.7 Å². The van der Waals surface area contributed by atoms with Crippen LogP contribution in [0.25, 0.3) is 11.1 Å². The Bertz CT molecular complexity index is 1060. The molecule has 0 radical (unpaired) electrons. The van der Waals surface area contributed by atoms with Gasteiger partial charge < -0.3 is 26.4 Å². The molecule has 1 unspecified atom stereocenters. The summed E-state index contributed by atoms with van der Waals surface area (Å²) in [5, 5.41) is 18.9. The third-order valence-electron chi connectivity index (χ3n) is 4.85. The van der Waals surface area contributed by atoms with Crippen LogP contribution < -0.4 is 21.3 Å². The van der Waals surface area contributed by atoms with Crippen LogP contribution in [0.5, 0.6) is 0 Å². The number of urea groups is 1. The van der Waals surface area contributed by atoms with Crippen molar-refractivity contribution < 1.29 is 19.5 Å². The standard InChI is InChI=1S/C25H26N4O4/c30-23(26-15-16-27-25(32)33)22(17-18-7-3-1-4-8-18)29-24(31)28-21-13-11-20(12-14-21)19-9-5-2-6-10-19/h1-14,22,27H,15-17H2,(H,26,30)(H,32,33)(H2,28,29,31). The van der Waals surface area contributed by atoms with Crippen molar-refractivity contribution in [3.63, 3.8) is 0 Å². The lowest BCUT2D eigenvalue weighted by Gasteiger charge is -2.19. The molecule has 0 saturated heterocycles. The molecule has 33 heavy (non-hydrogen) atoms. The topological polar surface area (TPSA) is 120 Å². The maximum absolute atomic E-state index is 12.7. The number of hydrogen-bond donors (Lipinski definition) is 5. The first-order valence-corrected chi connectivity index (χ1v) is 10.5. The summed E-state index contributed by atoms with van der Waals surface area (Å²) in [6.45, 7) is 0.180. The summed E-state index contributed by atoms with van der Waals surface area (Å²) in [5.74, 6) is -0.402. The number of anilines is 1. The number of carboxylic acid groups (broad SMARTS) is 1. The smallest absolute Gasteiger partial charge is 0.404 e. The second-order valence-electron chi connectivity index (χ2n) is 7.31. The van der Waals surface area contributed by atoms with E-state index in [2.05, 4.69) is 21.3 Å². The number of rotatable bonds is 9. The lowest BCUT2D eigenvalue weighted by atomic mass is 10.1. The van der Waals surface area contributed by atoms with E-state index in [-0.39, 0.29) is 13.1 Å². The first-order valence-electron chi connectivity index (χ1n) is 10.5. The highest BCUT2D eigenvalue weighted by molar-refractivity contribution is 5.94. The molecule has 0 heterocycles. The second-order valence-corrected chi connectivity index (χ2v) is 7.31. The van der Waals surface area contributed by atoms with Crippen molar-refractivity contribution in [2.24, 2.45) is 0 Å². The zero-order valence-electron chi connectivity index (χ0n) is 18.0. The maximum Gasteiger partial charge on any atom is 0.404 e. The summed E-state index contributed by atoms with van der Waals surface area (Å²) < 4.78 is 0. The molecule has 1 atom stereocenters. The van der Waals surface area contributed by atoms with Gasteiger partial charge in [0, 0.05) is 25.2 Å². The van der Waals surface area contributed by atoms with E-state index < -0.39 is 24.1 Å². The predicted octanol–water partition coefficient (Wildman–Crippen LogP) is 3.47. The molecule has 170 valence electrons. The Morgan fingerprint density at radius 2 is 1.30 bits per heavy atom. The van der Waals surface area contributed by atoms with Crippen LogP contribution >= 0.6 is 0 Å². The highest BCUT2D eigenvalue weighted by atomic mass is 16.4. The summed E-state index contributed by atoms with van der Waals surface area (Å²) in [5.41, 5.74) is 3.58. The Kier molecular flexibility index (Phi) is 8.41. The van der Waals surface area contributed by atoms with Gasteiger partial charge in [0.1, 0.15) is 6.04 Å². The zero-order valence-corrected chi connectivity index (χ0v) is 18.0. The van der Waals surface area contributed by atoms with Crippen molar-refractivity contribution in [3.05, 3.63) is 90.5 Å². The molecule has 0 aliphatic rings. The highest BCUT2D eigenvalue weighted by Crippen LogP contribution is 2.21. The van der Waals surface area contributed by atoms with Gasteiger partial charge >= 0.3 is 12.1 Å². The number of benzene rings is 3. The van der Waals surface area contributed by atoms with Gasteiger partial charge in [0.2, 0.25) is 5.91 Å². The van der Waals surface area contributed by atoms with Gasteiger partial charge in [-0.1, -0.05) is 72.8 Å². The van der Waals surface area contributed by atoms with E-state index in [9.17, 15) is 14.4 Å². The van der Waals surface area contributed by atoms with Gasteiger partial charge in [0.15, 0.2) is 0 Å². The molecule has 3 aromatic carbocycles. The average molecular weight is 447 g/mol. The third-order valence-corrected chi connectivity index (χ3v) is 4.85. The predicted molar refractivity (Wildman–Crippen MR) is 127 cm³/mol. The molecule has 0 aliphatic heterocycles. The quantitative estimate of drug-likeness (QED) is 0.323. The molecule has 5 N–H and O–H groups in total. The maximum atomic E-state index is 12.7. The molecule has 4 amide bonds. The molecule has 8 heteroatoms. The van der Waals surface area contributed by atoms with Crippen molar-refractivity contribution >= 4 is 23.7 Å². The molecular weight excluding hydrogens is 420 g/mol. The van der Waals surface area contributed by atoms with E-state index in [1.807, 2.05) is 72.8 Å². The normalized spacial score (nSPS) is 11.2. The minimum absolute atomic E-state index is 0.0685.